The van der Waals surface area contributed by atoms with Crippen molar-refractivity contribution in [3.63, 3.8) is 0 Å². The van der Waals surface area contributed by atoms with Crippen LogP contribution in [-0.2, 0) is 27.8 Å². The molecule has 1 aliphatic carbocycles. The quantitative estimate of drug-likeness (QED) is 0.679. The standard InChI is InChI=1S/C21H30N4O3S/c1-2-11-25-19-8-7-17(29(27,28)24-12-3-4-13-24)14-18(19)23-20(25)9-10-21(26)22-15-16-5-6-16/h7-8,14,16H,2-6,9-13,15H2,1H3,(H,22,26). The average molecular weight is 419 g/mol. The molecule has 2 fully saturated rings. The minimum atomic E-state index is -3.46. The van der Waals surface area contributed by atoms with Gasteiger partial charge in [-0.3, -0.25) is 4.79 Å². The number of carbonyl (C=O) groups excluding carboxylic acids is 1. The number of hydrogen-bond acceptors (Lipinski definition) is 4. The zero-order chi connectivity index (χ0) is 20.4. The molecule has 0 radical (unpaired) electrons. The van der Waals surface area contributed by atoms with Gasteiger partial charge in [0.25, 0.3) is 0 Å². The second-order valence-corrected chi connectivity index (χ2v) is 10.1. The van der Waals surface area contributed by atoms with Gasteiger partial charge >= 0.3 is 0 Å². The van der Waals surface area contributed by atoms with E-state index < -0.39 is 10.0 Å². The summed E-state index contributed by atoms with van der Waals surface area (Å²) < 4.78 is 29.4. The summed E-state index contributed by atoms with van der Waals surface area (Å²) in [6.45, 7) is 4.86. The molecule has 1 aromatic carbocycles. The molecule has 29 heavy (non-hydrogen) atoms. The lowest BCUT2D eigenvalue weighted by Crippen LogP contribution is -2.27. The van der Waals surface area contributed by atoms with E-state index in [0.29, 0.717) is 42.3 Å². The molecular formula is C21H30N4O3S. The molecule has 1 saturated heterocycles. The number of aryl methyl sites for hydroxylation is 2. The van der Waals surface area contributed by atoms with E-state index in [0.717, 1.165) is 43.7 Å². The molecule has 0 unspecified atom stereocenters. The van der Waals surface area contributed by atoms with Crippen LogP contribution >= 0.6 is 0 Å². The first-order valence-electron chi connectivity index (χ1n) is 10.7. The molecule has 1 aromatic heterocycles. The number of carbonyl (C=O) groups is 1. The maximum atomic E-state index is 12.9. The number of amides is 1. The number of aromatic nitrogens is 2. The lowest BCUT2D eigenvalue weighted by atomic mass is 10.2. The summed E-state index contributed by atoms with van der Waals surface area (Å²) in [5.41, 5.74) is 1.62. The highest BCUT2D eigenvalue weighted by molar-refractivity contribution is 7.89. The number of sulfonamides is 1. The van der Waals surface area contributed by atoms with Crippen LogP contribution in [0, 0.1) is 5.92 Å². The zero-order valence-electron chi connectivity index (χ0n) is 17.1. The molecule has 0 atom stereocenters. The molecule has 1 saturated carbocycles. The van der Waals surface area contributed by atoms with E-state index in [-0.39, 0.29) is 5.91 Å². The Morgan fingerprint density at radius 2 is 2.00 bits per heavy atom. The van der Waals surface area contributed by atoms with Crippen molar-refractivity contribution in [3.8, 4) is 0 Å². The van der Waals surface area contributed by atoms with Crippen LogP contribution in [0.15, 0.2) is 23.1 Å². The van der Waals surface area contributed by atoms with E-state index in [2.05, 4.69) is 16.8 Å². The summed E-state index contributed by atoms with van der Waals surface area (Å²) in [5, 5.41) is 3.00. The summed E-state index contributed by atoms with van der Waals surface area (Å²) in [5.74, 6) is 1.57. The Morgan fingerprint density at radius 1 is 1.24 bits per heavy atom. The third-order valence-corrected chi connectivity index (χ3v) is 7.70. The Kier molecular flexibility index (Phi) is 5.92. The Morgan fingerprint density at radius 3 is 2.69 bits per heavy atom. The summed E-state index contributed by atoms with van der Waals surface area (Å²) in [4.78, 5) is 17.2. The van der Waals surface area contributed by atoms with Gasteiger partial charge in [-0.2, -0.15) is 4.31 Å². The molecule has 1 aliphatic heterocycles. The molecule has 8 heteroatoms. The Balaban J connectivity index is 1.55. The molecule has 4 rings (SSSR count). The van der Waals surface area contributed by atoms with Gasteiger partial charge in [-0.05, 0) is 56.2 Å². The van der Waals surface area contributed by atoms with E-state index in [4.69, 9.17) is 4.98 Å². The van der Waals surface area contributed by atoms with Crippen molar-refractivity contribution in [2.75, 3.05) is 19.6 Å². The first-order valence-corrected chi connectivity index (χ1v) is 12.2. The highest BCUT2D eigenvalue weighted by Gasteiger charge is 2.28. The molecule has 1 N–H and O–H groups in total. The van der Waals surface area contributed by atoms with E-state index in [1.165, 1.54) is 12.8 Å². The Bertz CT molecular complexity index is 989. The molecule has 1 amide bonds. The second-order valence-electron chi connectivity index (χ2n) is 8.19. The van der Waals surface area contributed by atoms with Gasteiger partial charge in [0.1, 0.15) is 5.82 Å². The summed E-state index contributed by atoms with van der Waals surface area (Å²) >= 11 is 0. The number of fused-ring (bicyclic) bond motifs is 1. The Labute approximate surface area is 172 Å². The van der Waals surface area contributed by atoms with Crippen molar-refractivity contribution in [2.24, 2.45) is 5.92 Å². The lowest BCUT2D eigenvalue weighted by molar-refractivity contribution is -0.121. The normalized spacial score (nSPS) is 17.8. The van der Waals surface area contributed by atoms with E-state index in [1.807, 2.05) is 6.07 Å². The third kappa shape index (κ3) is 4.48. The summed E-state index contributed by atoms with van der Waals surface area (Å²) in [6.07, 6.45) is 6.17. The maximum absolute atomic E-state index is 12.9. The van der Waals surface area contributed by atoms with Gasteiger partial charge < -0.3 is 9.88 Å². The largest absolute Gasteiger partial charge is 0.356 e. The van der Waals surface area contributed by atoms with Crippen molar-refractivity contribution in [3.05, 3.63) is 24.0 Å². The van der Waals surface area contributed by atoms with E-state index >= 15 is 0 Å². The molecule has 7 nitrogen and oxygen atoms in total. The predicted molar refractivity (Wildman–Crippen MR) is 112 cm³/mol. The zero-order valence-corrected chi connectivity index (χ0v) is 17.9. The molecular weight excluding hydrogens is 388 g/mol. The van der Waals surface area contributed by atoms with Crippen molar-refractivity contribution >= 4 is 27.0 Å². The monoisotopic (exact) mass is 418 g/mol. The van der Waals surface area contributed by atoms with Crippen LogP contribution in [0.4, 0.5) is 0 Å². The summed E-state index contributed by atoms with van der Waals surface area (Å²) in [7, 11) is -3.46. The fourth-order valence-electron chi connectivity index (χ4n) is 3.96. The van der Waals surface area contributed by atoms with Gasteiger partial charge in [-0.15, -0.1) is 0 Å². The van der Waals surface area contributed by atoms with E-state index in [9.17, 15) is 13.2 Å². The molecule has 0 bridgehead atoms. The van der Waals surface area contributed by atoms with Crippen molar-refractivity contribution in [1.29, 1.82) is 0 Å². The number of nitrogens with one attached hydrogen (secondary N) is 1. The fraction of sp³-hybridized carbons (Fsp3) is 0.619. The van der Waals surface area contributed by atoms with Crippen molar-refractivity contribution < 1.29 is 13.2 Å². The average Bonchev–Trinajstić information content (AvgIpc) is 3.23. The van der Waals surface area contributed by atoms with Crippen molar-refractivity contribution in [1.82, 2.24) is 19.2 Å². The number of hydrogen-bond donors (Lipinski definition) is 1. The SMILES string of the molecule is CCCn1c(CCC(=O)NCC2CC2)nc2cc(S(=O)(=O)N3CCCC3)ccc21. The molecule has 2 aromatic rings. The third-order valence-electron chi connectivity index (χ3n) is 5.81. The van der Waals surface area contributed by atoms with Crippen LogP contribution < -0.4 is 5.32 Å². The minimum absolute atomic E-state index is 0.0595. The highest BCUT2D eigenvalue weighted by Crippen LogP contribution is 2.28. The highest BCUT2D eigenvalue weighted by atomic mass is 32.2. The fourth-order valence-corrected chi connectivity index (χ4v) is 5.49. The first kappa shape index (κ1) is 20.3. The van der Waals surface area contributed by atoms with Gasteiger partial charge in [0.15, 0.2) is 0 Å². The van der Waals surface area contributed by atoms with Crippen LogP contribution in [0.1, 0.15) is 51.3 Å². The first-order chi connectivity index (χ1) is 14.0. The summed E-state index contributed by atoms with van der Waals surface area (Å²) in [6, 6.07) is 5.24. The molecule has 2 aliphatic rings. The van der Waals surface area contributed by atoms with Crippen LogP contribution in [0.5, 0.6) is 0 Å². The maximum Gasteiger partial charge on any atom is 0.243 e. The second kappa shape index (κ2) is 8.44. The smallest absolute Gasteiger partial charge is 0.243 e. The Hall–Kier alpha value is -1.93. The van der Waals surface area contributed by atoms with Gasteiger partial charge in [-0.25, -0.2) is 13.4 Å². The van der Waals surface area contributed by atoms with Crippen molar-refractivity contribution in [2.45, 2.75) is 63.3 Å². The van der Waals surface area contributed by atoms with Crippen LogP contribution in [0.3, 0.4) is 0 Å². The predicted octanol–water partition coefficient (Wildman–Crippen LogP) is 2.69. The molecule has 2 heterocycles. The minimum Gasteiger partial charge on any atom is -0.356 e. The number of benzene rings is 1. The van der Waals surface area contributed by atoms with E-state index in [1.54, 1.807) is 16.4 Å². The number of rotatable bonds is 9. The van der Waals surface area contributed by atoms with Crippen LogP contribution in [-0.4, -0.2) is 47.8 Å². The van der Waals surface area contributed by atoms with Gasteiger partial charge in [0.05, 0.1) is 15.9 Å². The molecule has 158 valence electrons. The molecule has 0 spiro atoms. The number of nitrogens with zero attached hydrogens (tertiary/aromatic N) is 3. The topological polar surface area (TPSA) is 84.3 Å². The van der Waals surface area contributed by atoms with Gasteiger partial charge in [0, 0.05) is 39.0 Å². The lowest BCUT2D eigenvalue weighted by Gasteiger charge is -2.15. The number of imidazole rings is 1. The van der Waals surface area contributed by atoms with Crippen LogP contribution in [0.25, 0.3) is 11.0 Å². The van der Waals surface area contributed by atoms with Gasteiger partial charge in [-0.1, -0.05) is 6.92 Å². The van der Waals surface area contributed by atoms with Gasteiger partial charge in [0.2, 0.25) is 15.9 Å². The van der Waals surface area contributed by atoms with Crippen LogP contribution in [0.2, 0.25) is 0 Å².